The van der Waals surface area contributed by atoms with Crippen molar-refractivity contribution >= 4 is 50.8 Å². The quantitative estimate of drug-likeness (QED) is 0.364. The summed E-state index contributed by atoms with van der Waals surface area (Å²) >= 11 is 8.60. The van der Waals surface area contributed by atoms with Gasteiger partial charge in [-0.15, -0.1) is 0 Å². The van der Waals surface area contributed by atoms with Gasteiger partial charge in [0.15, 0.2) is 5.11 Å². The lowest BCUT2D eigenvalue weighted by Gasteiger charge is -2.13. The molecule has 0 saturated carbocycles. The zero-order chi connectivity index (χ0) is 21.9. The molecule has 0 radical (unpaired) electrons. The first-order valence-corrected chi connectivity index (χ1v) is 10.6. The number of benzene rings is 2. The number of carbonyl (C=O) groups is 2. The Bertz CT molecular complexity index is 890. The van der Waals surface area contributed by atoms with Crippen molar-refractivity contribution in [3.05, 3.63) is 58.1 Å². The minimum atomic E-state index is -0.406. The van der Waals surface area contributed by atoms with Crippen LogP contribution in [0.5, 0.6) is 5.75 Å². The number of thiocarbonyl (C=S) groups is 1. The van der Waals surface area contributed by atoms with E-state index in [1.165, 1.54) is 0 Å². The van der Waals surface area contributed by atoms with Gasteiger partial charge >= 0.3 is 0 Å². The molecule has 0 atom stereocenters. The van der Waals surface area contributed by atoms with Gasteiger partial charge in [0.05, 0.1) is 12.2 Å². The van der Waals surface area contributed by atoms with E-state index in [-0.39, 0.29) is 11.0 Å². The molecule has 7 nitrogen and oxygen atoms in total. The van der Waals surface area contributed by atoms with Crippen LogP contribution in [-0.4, -0.2) is 43.8 Å². The van der Waals surface area contributed by atoms with Crippen LogP contribution in [0.15, 0.2) is 46.9 Å². The molecule has 2 aromatic carbocycles. The smallest absolute Gasteiger partial charge is 0.261 e. The summed E-state index contributed by atoms with van der Waals surface area (Å²) in [5.41, 5.74) is 1.54. The number of methoxy groups -OCH3 is 1. The predicted octanol–water partition coefficient (Wildman–Crippen LogP) is 3.74. The van der Waals surface area contributed by atoms with Gasteiger partial charge in [-0.1, -0.05) is 22.9 Å². The first kappa shape index (κ1) is 23.8. The summed E-state index contributed by atoms with van der Waals surface area (Å²) in [5.74, 6) is -0.107. The maximum absolute atomic E-state index is 12.7. The molecule has 0 unspecified atom stereocenters. The minimum absolute atomic E-state index is 0.130. The van der Waals surface area contributed by atoms with E-state index in [0.717, 1.165) is 10.9 Å². The van der Waals surface area contributed by atoms with Crippen molar-refractivity contribution in [2.45, 2.75) is 13.3 Å². The van der Waals surface area contributed by atoms with E-state index in [9.17, 15) is 9.59 Å². The highest BCUT2D eigenvalue weighted by molar-refractivity contribution is 9.10. The average Bonchev–Trinajstić information content (AvgIpc) is 2.73. The fourth-order valence-corrected chi connectivity index (χ4v) is 2.99. The number of ether oxygens (including phenoxy) is 2. The summed E-state index contributed by atoms with van der Waals surface area (Å²) in [7, 11) is 1.58. The Morgan fingerprint density at radius 2 is 1.80 bits per heavy atom. The molecule has 2 amide bonds. The maximum atomic E-state index is 12.7. The van der Waals surface area contributed by atoms with Gasteiger partial charge in [-0.2, -0.15) is 0 Å². The lowest BCUT2D eigenvalue weighted by molar-refractivity contribution is 0.0950. The van der Waals surface area contributed by atoms with Gasteiger partial charge in [0.25, 0.3) is 11.8 Å². The molecule has 0 saturated heterocycles. The second-order valence-electron chi connectivity index (χ2n) is 6.22. The minimum Gasteiger partial charge on any atom is -0.490 e. The number of anilines is 1. The number of nitrogens with one attached hydrogen (secondary N) is 3. The lowest BCUT2D eigenvalue weighted by Crippen LogP contribution is -2.34. The third-order valence-corrected chi connectivity index (χ3v) is 4.60. The molecule has 2 aromatic rings. The number of hydrogen-bond donors (Lipinski definition) is 3. The van der Waals surface area contributed by atoms with Crippen molar-refractivity contribution in [3.63, 3.8) is 0 Å². The molecule has 2 rings (SSSR count). The van der Waals surface area contributed by atoms with E-state index in [1.54, 1.807) is 49.6 Å². The van der Waals surface area contributed by atoms with E-state index < -0.39 is 5.91 Å². The fraction of sp³-hybridized carbons (Fsp3) is 0.286. The predicted molar refractivity (Wildman–Crippen MR) is 124 cm³/mol. The van der Waals surface area contributed by atoms with Crippen LogP contribution < -0.4 is 20.7 Å². The van der Waals surface area contributed by atoms with Gasteiger partial charge in [-0.25, -0.2) is 0 Å². The highest BCUT2D eigenvalue weighted by atomic mass is 79.9. The second-order valence-corrected chi connectivity index (χ2v) is 7.55. The molecule has 0 fully saturated rings. The Labute approximate surface area is 189 Å². The molecule has 3 N–H and O–H groups in total. The summed E-state index contributed by atoms with van der Waals surface area (Å²) in [6.07, 6.45) is 0.871. The average molecular weight is 494 g/mol. The molecule has 0 aliphatic rings. The van der Waals surface area contributed by atoms with Crippen molar-refractivity contribution in [2.75, 3.05) is 32.2 Å². The third-order valence-electron chi connectivity index (χ3n) is 3.90. The van der Waals surface area contributed by atoms with Gasteiger partial charge in [0.2, 0.25) is 0 Å². The molecule has 0 spiro atoms. The molecule has 0 aromatic heterocycles. The van der Waals surface area contributed by atoms with Crippen molar-refractivity contribution in [1.29, 1.82) is 0 Å². The normalized spacial score (nSPS) is 10.2. The summed E-state index contributed by atoms with van der Waals surface area (Å²) in [6, 6.07) is 12.0. The molecule has 30 heavy (non-hydrogen) atoms. The van der Waals surface area contributed by atoms with Crippen LogP contribution in [0.4, 0.5) is 5.69 Å². The number of halogens is 1. The van der Waals surface area contributed by atoms with Crippen LogP contribution in [-0.2, 0) is 4.74 Å². The van der Waals surface area contributed by atoms with E-state index in [2.05, 4.69) is 31.9 Å². The molecule has 0 aliphatic carbocycles. The van der Waals surface area contributed by atoms with Crippen LogP contribution in [0.2, 0.25) is 0 Å². The number of carbonyl (C=O) groups excluding carboxylic acids is 2. The first-order chi connectivity index (χ1) is 14.4. The van der Waals surface area contributed by atoms with Crippen LogP contribution in [0.3, 0.4) is 0 Å². The van der Waals surface area contributed by atoms with Crippen molar-refractivity contribution in [1.82, 2.24) is 10.6 Å². The molecule has 0 aliphatic heterocycles. The lowest BCUT2D eigenvalue weighted by atomic mass is 10.2. The first-order valence-electron chi connectivity index (χ1n) is 9.36. The zero-order valence-electron chi connectivity index (χ0n) is 16.8. The Balaban J connectivity index is 1.98. The van der Waals surface area contributed by atoms with Gasteiger partial charge in [0.1, 0.15) is 12.4 Å². The largest absolute Gasteiger partial charge is 0.490 e. The number of hydrogen-bond acceptors (Lipinski definition) is 5. The van der Waals surface area contributed by atoms with Crippen LogP contribution in [0.1, 0.15) is 34.1 Å². The zero-order valence-corrected chi connectivity index (χ0v) is 19.2. The van der Waals surface area contributed by atoms with Gasteiger partial charge in [-0.05, 0) is 61.1 Å². The molecular weight excluding hydrogens is 470 g/mol. The molecule has 0 bridgehead atoms. The monoisotopic (exact) mass is 493 g/mol. The molecule has 0 heterocycles. The highest BCUT2D eigenvalue weighted by Crippen LogP contribution is 2.23. The van der Waals surface area contributed by atoms with Crippen LogP contribution in [0, 0.1) is 0 Å². The van der Waals surface area contributed by atoms with E-state index >= 15 is 0 Å². The highest BCUT2D eigenvalue weighted by Gasteiger charge is 2.15. The second kappa shape index (κ2) is 12.3. The van der Waals surface area contributed by atoms with Crippen molar-refractivity contribution < 1.29 is 19.1 Å². The van der Waals surface area contributed by atoms with Gasteiger partial charge in [0, 0.05) is 29.4 Å². The Morgan fingerprint density at radius 3 is 2.47 bits per heavy atom. The standard InChI is InChI=1S/C21H24BrN3O4S/c1-3-10-23-19(26)14-4-7-16(8-5-14)24-21(30)25-20(27)17-13-15(22)6-9-18(17)29-12-11-28-2/h4-9,13H,3,10-12H2,1-2H3,(H,23,26)(H2,24,25,27,30). The van der Waals surface area contributed by atoms with Crippen LogP contribution >= 0.6 is 28.1 Å². The maximum Gasteiger partial charge on any atom is 0.261 e. The van der Waals surface area contributed by atoms with E-state index in [0.29, 0.717) is 42.3 Å². The number of rotatable bonds is 9. The van der Waals surface area contributed by atoms with E-state index in [4.69, 9.17) is 21.7 Å². The number of amides is 2. The molecule has 160 valence electrons. The summed E-state index contributed by atoms with van der Waals surface area (Å²) in [5, 5.41) is 8.52. The van der Waals surface area contributed by atoms with Gasteiger partial charge < -0.3 is 20.1 Å². The summed E-state index contributed by atoms with van der Waals surface area (Å²) < 4.78 is 11.3. The van der Waals surface area contributed by atoms with Crippen molar-refractivity contribution in [2.24, 2.45) is 0 Å². The Kier molecular flexibility index (Phi) is 9.72. The fourth-order valence-electron chi connectivity index (χ4n) is 2.42. The summed E-state index contributed by atoms with van der Waals surface area (Å²) in [4.78, 5) is 24.6. The van der Waals surface area contributed by atoms with Crippen LogP contribution in [0.25, 0.3) is 0 Å². The Morgan fingerprint density at radius 1 is 1.07 bits per heavy atom. The molecular formula is C21H24BrN3O4S. The Hall–Kier alpha value is -2.49. The summed E-state index contributed by atoms with van der Waals surface area (Å²) in [6.45, 7) is 3.34. The third kappa shape index (κ3) is 7.40. The SMILES string of the molecule is CCCNC(=O)c1ccc(NC(=S)NC(=O)c2cc(Br)ccc2OCCOC)cc1. The van der Waals surface area contributed by atoms with E-state index in [1.807, 2.05) is 6.92 Å². The van der Waals surface area contributed by atoms with Gasteiger partial charge in [-0.3, -0.25) is 14.9 Å². The molecule has 9 heteroatoms. The topological polar surface area (TPSA) is 88.7 Å². The van der Waals surface area contributed by atoms with Crippen molar-refractivity contribution in [3.8, 4) is 5.75 Å².